The average Bonchev–Trinajstić information content (AvgIpc) is 2.84. The monoisotopic (exact) mass is 212 g/mol. The van der Waals surface area contributed by atoms with Gasteiger partial charge in [0.25, 0.3) is 0 Å². The van der Waals surface area contributed by atoms with Crippen molar-refractivity contribution in [3.05, 3.63) is 29.8 Å². The van der Waals surface area contributed by atoms with E-state index in [0.717, 1.165) is 5.56 Å². The maximum absolute atomic E-state index is 11.8. The van der Waals surface area contributed by atoms with Gasteiger partial charge in [-0.1, -0.05) is 17.7 Å². The lowest BCUT2D eigenvalue weighted by Crippen LogP contribution is -2.10. The Labute approximate surface area is 83.6 Å². The molecule has 0 N–H and O–H groups in total. The van der Waals surface area contributed by atoms with Gasteiger partial charge in [-0.3, -0.25) is 0 Å². The van der Waals surface area contributed by atoms with Crippen LogP contribution in [0, 0.1) is 6.92 Å². The van der Waals surface area contributed by atoms with E-state index in [1.165, 1.54) is 0 Å². The summed E-state index contributed by atoms with van der Waals surface area (Å²) in [6.45, 7) is 3.68. The van der Waals surface area contributed by atoms with E-state index >= 15 is 0 Å². The summed E-state index contributed by atoms with van der Waals surface area (Å²) in [5, 5.41) is 0. The van der Waals surface area contributed by atoms with Crippen LogP contribution in [0.3, 0.4) is 0 Å². The van der Waals surface area contributed by atoms with Crippen LogP contribution in [0.1, 0.15) is 12.5 Å². The number of rotatable bonds is 2. The van der Waals surface area contributed by atoms with Gasteiger partial charge in [-0.05, 0) is 26.0 Å². The summed E-state index contributed by atoms with van der Waals surface area (Å²) < 4.78 is 28.6. The first-order valence-corrected chi connectivity index (χ1v) is 6.02. The molecule has 4 heteroatoms. The summed E-state index contributed by atoms with van der Waals surface area (Å²) in [4.78, 5) is 0.345. The molecule has 0 unspecified atom stereocenters. The molecule has 3 nitrogen and oxygen atoms in total. The third-order valence-corrected chi connectivity index (χ3v) is 4.35. The van der Waals surface area contributed by atoms with Crippen molar-refractivity contribution in [2.45, 2.75) is 30.3 Å². The predicted molar refractivity (Wildman–Crippen MR) is 52.7 cm³/mol. The second-order valence-electron chi connectivity index (χ2n) is 3.57. The van der Waals surface area contributed by atoms with Crippen LogP contribution < -0.4 is 0 Å². The zero-order chi connectivity index (χ0) is 10.3. The molecule has 0 spiro atoms. The van der Waals surface area contributed by atoms with Crippen LogP contribution in [0.4, 0.5) is 0 Å². The van der Waals surface area contributed by atoms with Gasteiger partial charge in [0, 0.05) is 0 Å². The van der Waals surface area contributed by atoms with Crippen LogP contribution in [-0.2, 0) is 14.6 Å². The van der Waals surface area contributed by atoms with Gasteiger partial charge in [-0.2, -0.15) is 0 Å². The highest BCUT2D eigenvalue weighted by atomic mass is 32.2. The largest absolute Gasteiger partial charge is 0.352 e. The zero-order valence-electron chi connectivity index (χ0n) is 8.10. The molecule has 0 aromatic heterocycles. The first kappa shape index (κ1) is 9.68. The molecule has 0 bridgehead atoms. The Morgan fingerprint density at radius 1 is 1.21 bits per heavy atom. The van der Waals surface area contributed by atoms with Crippen LogP contribution in [-0.4, -0.2) is 20.0 Å². The van der Waals surface area contributed by atoms with Gasteiger partial charge in [0.15, 0.2) is 5.44 Å². The van der Waals surface area contributed by atoms with Gasteiger partial charge < -0.3 is 4.74 Å². The molecule has 1 aromatic carbocycles. The topological polar surface area (TPSA) is 46.7 Å². The highest BCUT2D eigenvalue weighted by molar-refractivity contribution is 7.92. The van der Waals surface area contributed by atoms with E-state index in [4.69, 9.17) is 4.74 Å². The van der Waals surface area contributed by atoms with E-state index in [1.807, 2.05) is 6.92 Å². The Morgan fingerprint density at radius 2 is 1.71 bits per heavy atom. The van der Waals surface area contributed by atoms with Gasteiger partial charge in [0.05, 0.1) is 11.0 Å². The molecule has 1 fully saturated rings. The minimum atomic E-state index is -3.25. The summed E-state index contributed by atoms with van der Waals surface area (Å²) in [6, 6.07) is 6.83. The quantitative estimate of drug-likeness (QED) is 0.698. The second kappa shape index (κ2) is 3.07. The fourth-order valence-corrected chi connectivity index (χ4v) is 2.96. The van der Waals surface area contributed by atoms with Crippen molar-refractivity contribution in [2.75, 3.05) is 0 Å². The molecule has 1 aromatic rings. The summed E-state index contributed by atoms with van der Waals surface area (Å²) in [5.74, 6) is 0. The molecule has 1 saturated heterocycles. The van der Waals surface area contributed by atoms with Crippen LogP contribution in [0.2, 0.25) is 0 Å². The van der Waals surface area contributed by atoms with Crippen molar-refractivity contribution in [1.29, 1.82) is 0 Å². The van der Waals surface area contributed by atoms with E-state index in [9.17, 15) is 8.42 Å². The first-order valence-electron chi connectivity index (χ1n) is 4.48. The Kier molecular flexibility index (Phi) is 2.12. The molecule has 1 aliphatic rings. The van der Waals surface area contributed by atoms with Crippen LogP contribution in [0.15, 0.2) is 29.2 Å². The summed E-state index contributed by atoms with van der Waals surface area (Å²) >= 11 is 0. The minimum Gasteiger partial charge on any atom is -0.352 e. The number of sulfone groups is 1. The maximum Gasteiger partial charge on any atom is 0.207 e. The van der Waals surface area contributed by atoms with Crippen molar-refractivity contribution in [1.82, 2.24) is 0 Å². The van der Waals surface area contributed by atoms with Crippen LogP contribution in [0.25, 0.3) is 0 Å². The third-order valence-electron chi connectivity index (χ3n) is 2.31. The Balaban J connectivity index is 2.35. The fraction of sp³-hybridized carbons (Fsp3) is 0.400. The van der Waals surface area contributed by atoms with Crippen molar-refractivity contribution < 1.29 is 13.2 Å². The van der Waals surface area contributed by atoms with Gasteiger partial charge in [-0.25, -0.2) is 8.42 Å². The lowest BCUT2D eigenvalue weighted by molar-refractivity contribution is 0.405. The molecule has 1 heterocycles. The normalized spacial score (nSPS) is 26.1. The predicted octanol–water partition coefficient (Wildman–Crippen LogP) is 1.51. The van der Waals surface area contributed by atoms with Crippen molar-refractivity contribution in [3.8, 4) is 0 Å². The SMILES string of the molecule is Cc1ccc(S(=O)(=O)[C@H]2O[C@H]2C)cc1. The molecule has 0 saturated carbocycles. The average molecular weight is 212 g/mol. The van der Waals surface area contributed by atoms with Crippen molar-refractivity contribution >= 4 is 9.84 Å². The molecule has 2 rings (SSSR count). The molecule has 0 radical (unpaired) electrons. The Bertz CT molecular complexity index is 433. The molecule has 2 atom stereocenters. The van der Waals surface area contributed by atoms with E-state index < -0.39 is 15.3 Å². The van der Waals surface area contributed by atoms with Crippen LogP contribution >= 0.6 is 0 Å². The summed E-state index contributed by atoms with van der Waals surface area (Å²) in [7, 11) is -3.25. The lowest BCUT2D eigenvalue weighted by Gasteiger charge is -2.00. The number of ether oxygens (including phenoxy) is 1. The molecule has 1 aliphatic heterocycles. The molecule has 0 amide bonds. The number of hydrogen-bond donors (Lipinski definition) is 0. The third kappa shape index (κ3) is 1.55. The molecule has 76 valence electrons. The first-order chi connectivity index (χ1) is 6.51. The van der Waals surface area contributed by atoms with Gasteiger partial charge in [0.2, 0.25) is 9.84 Å². The van der Waals surface area contributed by atoms with Gasteiger partial charge >= 0.3 is 0 Å². The van der Waals surface area contributed by atoms with Gasteiger partial charge in [-0.15, -0.1) is 0 Å². The zero-order valence-corrected chi connectivity index (χ0v) is 8.91. The number of benzene rings is 1. The molecular formula is C10H12O3S. The van der Waals surface area contributed by atoms with Crippen molar-refractivity contribution in [3.63, 3.8) is 0 Å². The van der Waals surface area contributed by atoms with Crippen molar-refractivity contribution in [2.24, 2.45) is 0 Å². The fourth-order valence-electron chi connectivity index (χ4n) is 1.35. The van der Waals surface area contributed by atoms with E-state index in [-0.39, 0.29) is 6.10 Å². The lowest BCUT2D eigenvalue weighted by atomic mass is 10.2. The molecular weight excluding hydrogens is 200 g/mol. The summed E-state index contributed by atoms with van der Waals surface area (Å²) in [6.07, 6.45) is -0.165. The van der Waals surface area contributed by atoms with Gasteiger partial charge in [0.1, 0.15) is 0 Å². The van der Waals surface area contributed by atoms with Crippen LogP contribution in [0.5, 0.6) is 0 Å². The highest BCUT2D eigenvalue weighted by Gasteiger charge is 2.46. The number of aryl methyl sites for hydroxylation is 1. The summed E-state index contributed by atoms with van der Waals surface area (Å²) in [5.41, 5.74) is 0.416. The minimum absolute atomic E-state index is 0.165. The highest BCUT2D eigenvalue weighted by Crippen LogP contribution is 2.31. The number of epoxide rings is 1. The second-order valence-corrected chi connectivity index (χ2v) is 5.59. The molecule has 14 heavy (non-hydrogen) atoms. The van der Waals surface area contributed by atoms with E-state index in [1.54, 1.807) is 31.2 Å². The molecule has 0 aliphatic carbocycles. The Hall–Kier alpha value is -0.870. The maximum atomic E-state index is 11.8. The smallest absolute Gasteiger partial charge is 0.207 e. The standard InChI is InChI=1S/C10H12O3S/c1-7-3-5-9(6-4-7)14(11,12)10-8(2)13-10/h3-6,8,10H,1-2H3/t8-,10+/m0/s1. The number of hydrogen-bond acceptors (Lipinski definition) is 3. The van der Waals surface area contributed by atoms with E-state index in [2.05, 4.69) is 0 Å². The Morgan fingerprint density at radius 3 is 2.14 bits per heavy atom. The van der Waals surface area contributed by atoms with E-state index in [0.29, 0.717) is 4.90 Å².